The van der Waals surface area contributed by atoms with Gasteiger partial charge in [0.1, 0.15) is 5.78 Å². The molecule has 0 aromatic carbocycles. The van der Waals surface area contributed by atoms with Crippen LogP contribution < -0.4 is 5.32 Å². The fourth-order valence-electron chi connectivity index (χ4n) is 1.15. The summed E-state index contributed by atoms with van der Waals surface area (Å²) < 4.78 is 0. The summed E-state index contributed by atoms with van der Waals surface area (Å²) in [6.45, 7) is 3.39. The van der Waals surface area contributed by atoms with Crippen molar-refractivity contribution in [1.82, 2.24) is 5.32 Å². The second kappa shape index (κ2) is 9.15. The maximum absolute atomic E-state index is 11.3. The van der Waals surface area contributed by atoms with Crippen molar-refractivity contribution in [3.8, 4) is 0 Å². The van der Waals surface area contributed by atoms with Crippen LogP contribution in [0.1, 0.15) is 39.5 Å². The lowest BCUT2D eigenvalue weighted by atomic mass is 10.1. The van der Waals surface area contributed by atoms with Crippen LogP contribution in [0.2, 0.25) is 0 Å². The minimum absolute atomic E-state index is 0.0382. The number of aliphatic carboxylic acids is 1. The molecule has 0 unspecified atom stereocenters. The molecule has 1 amide bonds. The van der Waals surface area contributed by atoms with Crippen molar-refractivity contribution in [3.05, 3.63) is 23.9 Å². The van der Waals surface area contributed by atoms with E-state index in [1.165, 1.54) is 25.3 Å². The molecule has 0 saturated carbocycles. The zero-order valence-corrected chi connectivity index (χ0v) is 10.7. The van der Waals surface area contributed by atoms with E-state index in [4.69, 9.17) is 5.11 Å². The normalized spacial score (nSPS) is 11.6. The zero-order valence-electron chi connectivity index (χ0n) is 10.7. The van der Waals surface area contributed by atoms with E-state index < -0.39 is 11.9 Å². The Hall–Kier alpha value is -1.91. The highest BCUT2D eigenvalue weighted by molar-refractivity contribution is 5.91. The summed E-state index contributed by atoms with van der Waals surface area (Å²) in [7, 11) is 0. The van der Waals surface area contributed by atoms with Gasteiger partial charge in [0, 0.05) is 12.6 Å². The van der Waals surface area contributed by atoms with Crippen LogP contribution >= 0.6 is 0 Å². The largest absolute Gasteiger partial charge is 0.478 e. The second-order valence-corrected chi connectivity index (χ2v) is 3.90. The van der Waals surface area contributed by atoms with Crippen LogP contribution in [0.3, 0.4) is 0 Å². The number of unbranched alkanes of at least 4 members (excludes halogenated alkanes) is 1. The van der Waals surface area contributed by atoms with Crippen molar-refractivity contribution in [2.45, 2.75) is 39.5 Å². The molecule has 0 aromatic heterocycles. The first-order chi connectivity index (χ1) is 8.47. The Morgan fingerprint density at radius 2 is 1.94 bits per heavy atom. The smallest absolute Gasteiger partial charge is 0.333 e. The predicted octanol–water partition coefficient (Wildman–Crippen LogP) is 1.80. The lowest BCUT2D eigenvalue weighted by Gasteiger charge is -2.01. The van der Waals surface area contributed by atoms with E-state index in [1.54, 1.807) is 0 Å². The number of carboxylic acids is 1. The monoisotopic (exact) mass is 253 g/mol. The predicted molar refractivity (Wildman–Crippen MR) is 67.8 cm³/mol. The van der Waals surface area contributed by atoms with Crippen molar-refractivity contribution >= 4 is 17.7 Å². The molecule has 0 radical (unpaired) electrons. The van der Waals surface area contributed by atoms with Crippen LogP contribution in [0.15, 0.2) is 23.9 Å². The molecule has 0 rings (SSSR count). The van der Waals surface area contributed by atoms with E-state index in [-0.39, 0.29) is 17.8 Å². The van der Waals surface area contributed by atoms with Crippen molar-refractivity contribution in [2.24, 2.45) is 0 Å². The van der Waals surface area contributed by atoms with Crippen LogP contribution in [0.5, 0.6) is 0 Å². The van der Waals surface area contributed by atoms with Gasteiger partial charge in [-0.2, -0.15) is 0 Å². The Kier molecular flexibility index (Phi) is 8.18. The maximum atomic E-state index is 11.3. The van der Waals surface area contributed by atoms with Crippen molar-refractivity contribution < 1.29 is 19.5 Å². The van der Waals surface area contributed by atoms with Crippen molar-refractivity contribution in [1.29, 1.82) is 0 Å². The van der Waals surface area contributed by atoms with E-state index in [9.17, 15) is 14.4 Å². The lowest BCUT2D eigenvalue weighted by molar-refractivity contribution is -0.132. The van der Waals surface area contributed by atoms with E-state index in [1.807, 2.05) is 6.92 Å². The van der Waals surface area contributed by atoms with E-state index in [2.05, 4.69) is 5.32 Å². The van der Waals surface area contributed by atoms with Gasteiger partial charge in [-0.3, -0.25) is 9.59 Å². The first-order valence-electron chi connectivity index (χ1n) is 5.86. The Balaban J connectivity index is 4.30. The van der Waals surface area contributed by atoms with Crippen molar-refractivity contribution in [3.63, 3.8) is 0 Å². The molecule has 0 aliphatic rings. The number of hydrogen-bond acceptors (Lipinski definition) is 3. The number of nitrogens with one attached hydrogen (secondary N) is 1. The molecule has 0 aliphatic heterocycles. The van der Waals surface area contributed by atoms with Gasteiger partial charge < -0.3 is 10.4 Å². The van der Waals surface area contributed by atoms with Gasteiger partial charge in [0.2, 0.25) is 5.91 Å². The number of carbonyl (C=O) groups is 3. The van der Waals surface area contributed by atoms with Crippen LogP contribution in [-0.4, -0.2) is 22.8 Å². The number of hydrogen-bond donors (Lipinski definition) is 2. The molecule has 0 spiro atoms. The Bertz CT molecular complexity index is 369. The fraction of sp³-hybridized carbons (Fsp3) is 0.462. The summed E-state index contributed by atoms with van der Waals surface area (Å²) in [5, 5.41) is 11.2. The summed E-state index contributed by atoms with van der Waals surface area (Å²) >= 11 is 0. The molecule has 0 heterocycles. The summed E-state index contributed by atoms with van der Waals surface area (Å²) in [6.07, 6.45) is 6.13. The molecular weight excluding hydrogens is 234 g/mol. The van der Waals surface area contributed by atoms with Crippen LogP contribution in [0.25, 0.3) is 0 Å². The molecule has 0 saturated heterocycles. The Labute approximate surface area is 107 Å². The fourth-order valence-corrected chi connectivity index (χ4v) is 1.15. The highest BCUT2D eigenvalue weighted by Crippen LogP contribution is 2.06. The van der Waals surface area contributed by atoms with Crippen LogP contribution in [-0.2, 0) is 14.4 Å². The summed E-state index contributed by atoms with van der Waals surface area (Å²) in [6, 6.07) is 0. The summed E-state index contributed by atoms with van der Waals surface area (Å²) in [5.41, 5.74) is 0.171. The minimum atomic E-state index is -1.03. The summed E-state index contributed by atoms with van der Waals surface area (Å²) in [4.78, 5) is 32.7. The Morgan fingerprint density at radius 3 is 2.44 bits per heavy atom. The van der Waals surface area contributed by atoms with Crippen LogP contribution in [0.4, 0.5) is 0 Å². The van der Waals surface area contributed by atoms with Gasteiger partial charge in [0.05, 0.1) is 5.57 Å². The average molecular weight is 253 g/mol. The highest BCUT2D eigenvalue weighted by atomic mass is 16.4. The Morgan fingerprint density at radius 1 is 1.28 bits per heavy atom. The second-order valence-electron chi connectivity index (χ2n) is 3.90. The summed E-state index contributed by atoms with van der Waals surface area (Å²) in [5.74, 6) is -1.51. The molecule has 0 aromatic rings. The molecule has 0 atom stereocenters. The molecule has 0 bridgehead atoms. The number of ketones is 1. The minimum Gasteiger partial charge on any atom is -0.478 e. The number of Topliss-reactive ketones (excluding diaryl/α,β-unsaturated/α-hetero) is 1. The average Bonchev–Trinajstić information content (AvgIpc) is 2.28. The van der Waals surface area contributed by atoms with Gasteiger partial charge >= 0.3 is 5.97 Å². The van der Waals surface area contributed by atoms with Gasteiger partial charge in [-0.05, 0) is 25.8 Å². The third kappa shape index (κ3) is 8.27. The SMILES string of the molecule is CCCCC(=CNC(=O)C=CCC(C)=O)C(=O)O. The van der Waals surface area contributed by atoms with Gasteiger partial charge in [-0.25, -0.2) is 4.79 Å². The van der Waals surface area contributed by atoms with Gasteiger partial charge in [-0.15, -0.1) is 0 Å². The molecule has 18 heavy (non-hydrogen) atoms. The molecule has 5 nitrogen and oxygen atoms in total. The zero-order chi connectivity index (χ0) is 14.0. The third-order valence-electron chi connectivity index (χ3n) is 2.14. The third-order valence-corrected chi connectivity index (χ3v) is 2.14. The lowest BCUT2D eigenvalue weighted by Crippen LogP contribution is -2.16. The number of allylic oxidation sites excluding steroid dienone is 1. The first-order valence-corrected chi connectivity index (χ1v) is 5.86. The molecule has 0 aliphatic carbocycles. The van der Waals surface area contributed by atoms with Crippen LogP contribution in [0, 0.1) is 0 Å². The van der Waals surface area contributed by atoms with Crippen molar-refractivity contribution in [2.75, 3.05) is 0 Å². The van der Waals surface area contributed by atoms with Gasteiger partial charge in [0.25, 0.3) is 0 Å². The van der Waals surface area contributed by atoms with Gasteiger partial charge in [-0.1, -0.05) is 19.4 Å². The topological polar surface area (TPSA) is 83.5 Å². The molecule has 0 fully saturated rings. The number of carbonyl (C=O) groups excluding carboxylic acids is 2. The van der Waals surface area contributed by atoms with E-state index >= 15 is 0 Å². The number of carboxylic acid groups (broad SMARTS) is 1. The van der Waals surface area contributed by atoms with E-state index in [0.717, 1.165) is 12.8 Å². The molecule has 5 heteroatoms. The standard InChI is InChI=1S/C13H19NO4/c1-3-4-7-11(13(17)18)9-14-12(16)8-5-6-10(2)15/h5,8-9H,3-4,6-7H2,1-2H3,(H,14,16)(H,17,18). The first kappa shape index (κ1) is 16.1. The van der Waals surface area contributed by atoms with E-state index in [0.29, 0.717) is 6.42 Å². The highest BCUT2D eigenvalue weighted by Gasteiger charge is 2.06. The molecule has 100 valence electrons. The maximum Gasteiger partial charge on any atom is 0.333 e. The van der Waals surface area contributed by atoms with Gasteiger partial charge in [0.15, 0.2) is 0 Å². The molecular formula is C13H19NO4. The molecule has 2 N–H and O–H groups in total. The number of amides is 1. The number of rotatable bonds is 8. The quantitative estimate of drug-likeness (QED) is 0.646.